The fraction of sp³-hybridized carbons (Fsp3) is 0.133. The van der Waals surface area contributed by atoms with Gasteiger partial charge in [-0.1, -0.05) is 149 Å². The fourth-order valence-electron chi connectivity index (χ4n) is 7.53. The van der Waals surface area contributed by atoms with Crippen LogP contribution < -0.4 is 0 Å². The maximum Gasteiger partial charge on any atom is 0.164 e. The van der Waals surface area contributed by atoms with Gasteiger partial charge in [-0.3, -0.25) is 0 Å². The van der Waals surface area contributed by atoms with E-state index in [0.29, 0.717) is 17.5 Å². The highest BCUT2D eigenvalue weighted by atomic mass is 32.1. The molecule has 0 amide bonds. The van der Waals surface area contributed by atoms with E-state index in [4.69, 9.17) is 15.0 Å². The lowest BCUT2D eigenvalue weighted by Gasteiger charge is -2.48. The van der Waals surface area contributed by atoms with Gasteiger partial charge in [0.05, 0.1) is 0 Å². The zero-order chi connectivity index (χ0) is 33.3. The van der Waals surface area contributed by atoms with Crippen molar-refractivity contribution in [3.8, 4) is 56.4 Å². The first-order valence-electron chi connectivity index (χ1n) is 16.9. The molecule has 0 aliphatic heterocycles. The van der Waals surface area contributed by atoms with E-state index in [1.54, 1.807) is 0 Å². The van der Waals surface area contributed by atoms with E-state index >= 15 is 0 Å². The Balaban J connectivity index is 1.18. The van der Waals surface area contributed by atoms with E-state index in [-0.39, 0.29) is 10.8 Å². The summed E-state index contributed by atoms with van der Waals surface area (Å²) in [6.07, 6.45) is 0. The molecule has 8 aromatic rings. The van der Waals surface area contributed by atoms with E-state index in [1.165, 1.54) is 48.0 Å². The molecule has 2 aromatic heterocycles. The van der Waals surface area contributed by atoms with Crippen LogP contribution in [0.15, 0.2) is 140 Å². The van der Waals surface area contributed by atoms with E-state index < -0.39 is 0 Å². The molecule has 236 valence electrons. The minimum atomic E-state index is -0.114. The van der Waals surface area contributed by atoms with Crippen molar-refractivity contribution in [3.05, 3.63) is 151 Å². The Kier molecular flexibility index (Phi) is 6.69. The van der Waals surface area contributed by atoms with Crippen LogP contribution in [0.4, 0.5) is 0 Å². The van der Waals surface area contributed by atoms with Crippen molar-refractivity contribution >= 4 is 31.5 Å². The zero-order valence-electron chi connectivity index (χ0n) is 28.0. The highest BCUT2D eigenvalue weighted by Gasteiger charge is 2.47. The number of nitrogens with zero attached hydrogens (tertiary/aromatic N) is 3. The van der Waals surface area contributed by atoms with Crippen LogP contribution in [0.1, 0.15) is 38.8 Å². The van der Waals surface area contributed by atoms with Gasteiger partial charge in [0.1, 0.15) is 0 Å². The highest BCUT2D eigenvalue weighted by molar-refractivity contribution is 7.26. The number of benzene rings is 6. The van der Waals surface area contributed by atoms with E-state index in [9.17, 15) is 0 Å². The predicted octanol–water partition coefficient (Wildman–Crippen LogP) is 12.1. The van der Waals surface area contributed by atoms with E-state index in [0.717, 1.165) is 22.3 Å². The van der Waals surface area contributed by atoms with Crippen molar-refractivity contribution in [1.29, 1.82) is 0 Å². The minimum Gasteiger partial charge on any atom is -0.208 e. The summed E-state index contributed by atoms with van der Waals surface area (Å²) >= 11 is 1.94. The van der Waals surface area contributed by atoms with Crippen LogP contribution in [-0.4, -0.2) is 15.0 Å². The van der Waals surface area contributed by atoms with Crippen molar-refractivity contribution in [2.45, 2.75) is 38.5 Å². The summed E-state index contributed by atoms with van der Waals surface area (Å²) in [5.41, 5.74) is 10.5. The monoisotopic (exact) mass is 649 g/mol. The average Bonchev–Trinajstić information content (AvgIpc) is 3.53. The second-order valence-electron chi connectivity index (χ2n) is 14.1. The molecule has 1 aliphatic rings. The molecule has 3 nitrogen and oxygen atoms in total. The van der Waals surface area contributed by atoms with Gasteiger partial charge >= 0.3 is 0 Å². The Morgan fingerprint density at radius 1 is 0.429 bits per heavy atom. The molecule has 6 aromatic carbocycles. The molecule has 49 heavy (non-hydrogen) atoms. The first-order chi connectivity index (χ1) is 23.8. The van der Waals surface area contributed by atoms with Gasteiger partial charge in [-0.05, 0) is 57.0 Å². The quantitative estimate of drug-likeness (QED) is 0.190. The molecule has 0 radical (unpaired) electrons. The summed E-state index contributed by atoms with van der Waals surface area (Å²) in [6, 6.07) is 49.5. The summed E-state index contributed by atoms with van der Waals surface area (Å²) in [7, 11) is 0. The lowest BCUT2D eigenvalue weighted by Crippen LogP contribution is -2.43. The van der Waals surface area contributed by atoms with Crippen molar-refractivity contribution in [1.82, 2.24) is 15.0 Å². The van der Waals surface area contributed by atoms with Crippen molar-refractivity contribution in [3.63, 3.8) is 0 Å². The summed E-state index contributed by atoms with van der Waals surface area (Å²) in [6.45, 7) is 9.70. The molecule has 2 heterocycles. The average molecular weight is 650 g/mol. The molecule has 0 atom stereocenters. The molecule has 0 bridgehead atoms. The molecule has 4 heteroatoms. The first-order valence-corrected chi connectivity index (χ1v) is 17.7. The molecule has 0 unspecified atom stereocenters. The number of aromatic nitrogens is 3. The largest absolute Gasteiger partial charge is 0.208 e. The van der Waals surface area contributed by atoms with Gasteiger partial charge in [0.2, 0.25) is 0 Å². The summed E-state index contributed by atoms with van der Waals surface area (Å²) in [5, 5.41) is 2.72. The lowest BCUT2D eigenvalue weighted by atomic mass is 9.55. The molecule has 0 saturated carbocycles. The maximum absolute atomic E-state index is 4.99. The Labute approximate surface area is 291 Å². The summed E-state index contributed by atoms with van der Waals surface area (Å²) < 4.78 is 2.77. The Morgan fingerprint density at radius 3 is 1.67 bits per heavy atom. The molecule has 9 rings (SSSR count). The molecular formula is C45H35N3S. The van der Waals surface area contributed by atoms with Crippen LogP contribution in [0.2, 0.25) is 0 Å². The van der Waals surface area contributed by atoms with Gasteiger partial charge in [-0.15, -0.1) is 11.3 Å². The van der Waals surface area contributed by atoms with Crippen LogP contribution >= 0.6 is 11.3 Å². The van der Waals surface area contributed by atoms with Gasteiger partial charge in [0.25, 0.3) is 0 Å². The Hall–Kier alpha value is -5.45. The van der Waals surface area contributed by atoms with Gasteiger partial charge < -0.3 is 0 Å². The summed E-state index contributed by atoms with van der Waals surface area (Å²) in [4.78, 5) is 14.9. The van der Waals surface area contributed by atoms with E-state index in [1.807, 2.05) is 72.0 Å². The maximum atomic E-state index is 4.99. The second kappa shape index (κ2) is 11.0. The van der Waals surface area contributed by atoms with Crippen molar-refractivity contribution < 1.29 is 0 Å². The minimum absolute atomic E-state index is 0.0945. The first kappa shape index (κ1) is 29.7. The third-order valence-corrected chi connectivity index (χ3v) is 12.1. The number of hydrogen-bond donors (Lipinski definition) is 0. The van der Waals surface area contributed by atoms with Crippen LogP contribution in [0.25, 0.3) is 76.6 Å². The molecule has 0 spiro atoms. The van der Waals surface area contributed by atoms with Crippen molar-refractivity contribution in [2.24, 2.45) is 0 Å². The third-order valence-electron chi connectivity index (χ3n) is 10.9. The summed E-state index contributed by atoms with van der Waals surface area (Å²) in [5.74, 6) is 1.99. The number of fused-ring (bicyclic) bond motifs is 7. The molecule has 0 saturated heterocycles. The standard InChI is InChI=1S/C45H35N3S/c1-44(2)37-27-31(22-23-33(37)35-24-25-36-34-20-11-12-21-38(34)49-40(36)39(35)45(44,3)4)30-18-13-19-32(26-30)43-47-41(28-14-7-5-8-15-28)46-42(48-43)29-16-9-6-10-17-29/h5-27H,1-4H3. The highest BCUT2D eigenvalue weighted by Crippen LogP contribution is 2.57. The molecule has 1 aliphatic carbocycles. The fourth-order valence-corrected chi connectivity index (χ4v) is 8.94. The Bertz CT molecular complexity index is 2490. The van der Waals surface area contributed by atoms with Crippen LogP contribution in [0.3, 0.4) is 0 Å². The van der Waals surface area contributed by atoms with Crippen LogP contribution in [0.5, 0.6) is 0 Å². The topological polar surface area (TPSA) is 38.7 Å². The normalized spacial score (nSPS) is 14.4. The van der Waals surface area contributed by atoms with Gasteiger partial charge in [-0.2, -0.15) is 0 Å². The smallest absolute Gasteiger partial charge is 0.164 e. The van der Waals surface area contributed by atoms with Gasteiger partial charge in [-0.25, -0.2) is 15.0 Å². The van der Waals surface area contributed by atoms with E-state index in [2.05, 4.69) is 107 Å². The predicted molar refractivity (Wildman–Crippen MR) is 206 cm³/mol. The van der Waals surface area contributed by atoms with Crippen molar-refractivity contribution in [2.75, 3.05) is 0 Å². The number of thiophene rings is 1. The SMILES string of the molecule is CC1(C)c2cc(-c3cccc(-c4nc(-c5ccccc5)nc(-c5ccccc5)n4)c3)ccc2-c2ccc3c(sc4ccccc43)c2C1(C)C. The van der Waals surface area contributed by atoms with Gasteiger partial charge in [0, 0.05) is 42.3 Å². The second-order valence-corrected chi connectivity index (χ2v) is 15.1. The Morgan fingerprint density at radius 2 is 0.980 bits per heavy atom. The van der Waals surface area contributed by atoms with Gasteiger partial charge in [0.15, 0.2) is 17.5 Å². The number of rotatable bonds is 4. The molecular weight excluding hydrogens is 615 g/mol. The molecule has 0 fully saturated rings. The zero-order valence-corrected chi connectivity index (χ0v) is 28.8. The molecule has 0 N–H and O–H groups in total. The van der Waals surface area contributed by atoms with Crippen LogP contribution in [-0.2, 0) is 10.8 Å². The van der Waals surface area contributed by atoms with Crippen LogP contribution in [0, 0.1) is 0 Å². The number of hydrogen-bond acceptors (Lipinski definition) is 4. The lowest BCUT2D eigenvalue weighted by molar-refractivity contribution is 0.302. The third kappa shape index (κ3) is 4.66.